The van der Waals surface area contributed by atoms with Gasteiger partial charge in [0.05, 0.1) is 23.0 Å². The number of nitrogens with zero attached hydrogens (tertiary/aromatic N) is 2. The highest BCUT2D eigenvalue weighted by Gasteiger charge is 2.04. The molecule has 0 unspecified atom stereocenters. The first-order valence-corrected chi connectivity index (χ1v) is 6.13. The number of rotatable bonds is 3. The van der Waals surface area contributed by atoms with Crippen LogP contribution in [0.25, 0.3) is 10.2 Å². The zero-order valence-corrected chi connectivity index (χ0v) is 10.1. The number of anilines is 1. The number of fused-ring (bicyclic) bond motifs is 1. The SMILES string of the molecule is Cc1ccc2sc(NCc3ccno3)nc2c1. The summed E-state index contributed by atoms with van der Waals surface area (Å²) in [6.07, 6.45) is 1.64. The number of nitrogens with one attached hydrogen (secondary N) is 1. The summed E-state index contributed by atoms with van der Waals surface area (Å²) in [6.45, 7) is 2.68. The third-order valence-electron chi connectivity index (χ3n) is 2.45. The van der Waals surface area contributed by atoms with E-state index in [-0.39, 0.29) is 0 Å². The van der Waals surface area contributed by atoms with Gasteiger partial charge in [0.25, 0.3) is 0 Å². The molecule has 0 amide bonds. The van der Waals surface area contributed by atoms with Crippen LogP contribution in [0.5, 0.6) is 0 Å². The van der Waals surface area contributed by atoms with Crippen LogP contribution < -0.4 is 5.32 Å². The highest BCUT2D eigenvalue weighted by atomic mass is 32.1. The van der Waals surface area contributed by atoms with E-state index >= 15 is 0 Å². The molecule has 17 heavy (non-hydrogen) atoms. The second-order valence-electron chi connectivity index (χ2n) is 3.82. The summed E-state index contributed by atoms with van der Waals surface area (Å²) in [4.78, 5) is 4.52. The summed E-state index contributed by atoms with van der Waals surface area (Å²) in [7, 11) is 0. The Hall–Kier alpha value is -1.88. The molecule has 0 radical (unpaired) electrons. The van der Waals surface area contributed by atoms with Crippen molar-refractivity contribution < 1.29 is 4.52 Å². The van der Waals surface area contributed by atoms with E-state index < -0.39 is 0 Å². The molecular formula is C12H11N3OS. The van der Waals surface area contributed by atoms with Gasteiger partial charge in [0.1, 0.15) is 0 Å². The summed E-state index contributed by atoms with van der Waals surface area (Å²) in [6, 6.07) is 8.12. The van der Waals surface area contributed by atoms with E-state index in [2.05, 4.69) is 40.6 Å². The summed E-state index contributed by atoms with van der Waals surface area (Å²) in [5.41, 5.74) is 2.26. The number of aryl methyl sites for hydroxylation is 1. The molecule has 5 heteroatoms. The molecule has 1 aromatic carbocycles. The van der Waals surface area contributed by atoms with Crippen molar-refractivity contribution in [3.8, 4) is 0 Å². The van der Waals surface area contributed by atoms with Gasteiger partial charge in [0, 0.05) is 6.07 Å². The average molecular weight is 245 g/mol. The van der Waals surface area contributed by atoms with Crippen molar-refractivity contribution in [2.45, 2.75) is 13.5 Å². The standard InChI is InChI=1S/C12H11N3OS/c1-8-2-3-11-10(6-8)15-12(17-11)13-7-9-4-5-14-16-9/h2-6H,7H2,1H3,(H,13,15). The maximum atomic E-state index is 5.01. The fourth-order valence-electron chi connectivity index (χ4n) is 1.61. The van der Waals surface area contributed by atoms with Crippen LogP contribution in [-0.2, 0) is 6.54 Å². The van der Waals surface area contributed by atoms with Crippen LogP contribution in [0.15, 0.2) is 35.0 Å². The molecule has 4 nitrogen and oxygen atoms in total. The van der Waals surface area contributed by atoms with E-state index in [1.165, 1.54) is 10.3 Å². The Bertz CT molecular complexity index is 630. The Morgan fingerprint density at radius 3 is 3.12 bits per heavy atom. The molecule has 0 atom stereocenters. The van der Waals surface area contributed by atoms with Gasteiger partial charge in [-0.25, -0.2) is 4.98 Å². The topological polar surface area (TPSA) is 51.0 Å². The van der Waals surface area contributed by atoms with Gasteiger partial charge in [-0.05, 0) is 24.6 Å². The van der Waals surface area contributed by atoms with Crippen molar-refractivity contribution >= 4 is 26.7 Å². The lowest BCUT2D eigenvalue weighted by Gasteiger charge is -1.96. The maximum absolute atomic E-state index is 5.01. The van der Waals surface area contributed by atoms with E-state index in [4.69, 9.17) is 4.52 Å². The van der Waals surface area contributed by atoms with Crippen LogP contribution in [0.3, 0.4) is 0 Å². The van der Waals surface area contributed by atoms with Crippen LogP contribution in [0.1, 0.15) is 11.3 Å². The molecule has 2 heterocycles. The predicted octanol–water partition coefficient (Wildman–Crippen LogP) is 3.20. The minimum atomic E-state index is 0.610. The second kappa shape index (κ2) is 4.18. The fourth-order valence-corrected chi connectivity index (χ4v) is 2.45. The summed E-state index contributed by atoms with van der Waals surface area (Å²) >= 11 is 1.64. The first-order chi connectivity index (χ1) is 8.31. The predicted molar refractivity (Wildman–Crippen MR) is 68.2 cm³/mol. The second-order valence-corrected chi connectivity index (χ2v) is 4.85. The lowest BCUT2D eigenvalue weighted by Crippen LogP contribution is -1.96. The number of aromatic nitrogens is 2. The molecule has 0 aliphatic carbocycles. The van der Waals surface area contributed by atoms with E-state index in [0.29, 0.717) is 6.54 Å². The Labute approximate surface area is 102 Å². The number of benzene rings is 1. The Balaban J connectivity index is 1.81. The molecule has 0 saturated carbocycles. The number of thiazole rings is 1. The molecular weight excluding hydrogens is 234 g/mol. The van der Waals surface area contributed by atoms with E-state index in [9.17, 15) is 0 Å². The molecule has 1 N–H and O–H groups in total. The van der Waals surface area contributed by atoms with E-state index in [0.717, 1.165) is 16.4 Å². The fraction of sp³-hybridized carbons (Fsp3) is 0.167. The van der Waals surface area contributed by atoms with Gasteiger partial charge in [-0.2, -0.15) is 0 Å². The van der Waals surface area contributed by atoms with Crippen molar-refractivity contribution in [1.29, 1.82) is 0 Å². The van der Waals surface area contributed by atoms with E-state index in [1.807, 2.05) is 6.07 Å². The van der Waals surface area contributed by atoms with Crippen molar-refractivity contribution in [1.82, 2.24) is 10.1 Å². The molecule has 86 valence electrons. The van der Waals surface area contributed by atoms with Crippen LogP contribution in [0.4, 0.5) is 5.13 Å². The lowest BCUT2D eigenvalue weighted by molar-refractivity contribution is 0.388. The average Bonchev–Trinajstić information content (AvgIpc) is 2.94. The quantitative estimate of drug-likeness (QED) is 0.769. The highest BCUT2D eigenvalue weighted by molar-refractivity contribution is 7.22. The van der Waals surface area contributed by atoms with Crippen LogP contribution in [-0.4, -0.2) is 10.1 Å². The molecule has 0 bridgehead atoms. The first-order valence-electron chi connectivity index (χ1n) is 5.32. The molecule has 3 rings (SSSR count). The number of hydrogen-bond donors (Lipinski definition) is 1. The first kappa shape index (κ1) is 10.3. The number of hydrogen-bond acceptors (Lipinski definition) is 5. The third kappa shape index (κ3) is 2.14. The zero-order valence-electron chi connectivity index (χ0n) is 9.30. The Kier molecular flexibility index (Phi) is 2.53. The minimum Gasteiger partial charge on any atom is -0.360 e. The van der Waals surface area contributed by atoms with E-state index in [1.54, 1.807) is 17.5 Å². The van der Waals surface area contributed by atoms with Gasteiger partial charge in [-0.3, -0.25) is 0 Å². The summed E-state index contributed by atoms with van der Waals surface area (Å²) in [5.74, 6) is 0.806. The Morgan fingerprint density at radius 1 is 1.35 bits per heavy atom. The van der Waals surface area contributed by atoms with Gasteiger partial charge in [0.2, 0.25) is 0 Å². The van der Waals surface area contributed by atoms with Crippen molar-refractivity contribution in [3.63, 3.8) is 0 Å². The molecule has 2 aromatic heterocycles. The third-order valence-corrected chi connectivity index (χ3v) is 3.44. The van der Waals surface area contributed by atoms with Gasteiger partial charge in [-0.15, -0.1) is 0 Å². The van der Waals surface area contributed by atoms with Crippen LogP contribution in [0, 0.1) is 6.92 Å². The zero-order chi connectivity index (χ0) is 11.7. The van der Waals surface area contributed by atoms with Gasteiger partial charge >= 0.3 is 0 Å². The van der Waals surface area contributed by atoms with Crippen molar-refractivity contribution in [3.05, 3.63) is 41.8 Å². The van der Waals surface area contributed by atoms with Gasteiger partial charge < -0.3 is 9.84 Å². The van der Waals surface area contributed by atoms with Crippen LogP contribution in [0.2, 0.25) is 0 Å². The summed E-state index contributed by atoms with van der Waals surface area (Å²) < 4.78 is 6.20. The van der Waals surface area contributed by atoms with Gasteiger partial charge in [0.15, 0.2) is 10.9 Å². The monoisotopic (exact) mass is 245 g/mol. The Morgan fingerprint density at radius 2 is 2.29 bits per heavy atom. The highest BCUT2D eigenvalue weighted by Crippen LogP contribution is 2.26. The van der Waals surface area contributed by atoms with Crippen LogP contribution >= 0.6 is 11.3 Å². The molecule has 0 aliphatic heterocycles. The van der Waals surface area contributed by atoms with Crippen molar-refractivity contribution in [2.24, 2.45) is 0 Å². The smallest absolute Gasteiger partial charge is 0.184 e. The molecule has 0 spiro atoms. The van der Waals surface area contributed by atoms with Crippen molar-refractivity contribution in [2.75, 3.05) is 5.32 Å². The largest absolute Gasteiger partial charge is 0.360 e. The normalized spacial score (nSPS) is 10.9. The maximum Gasteiger partial charge on any atom is 0.184 e. The molecule has 0 aliphatic rings. The molecule has 3 aromatic rings. The molecule has 0 saturated heterocycles. The van der Waals surface area contributed by atoms with Gasteiger partial charge in [-0.1, -0.05) is 22.6 Å². The summed E-state index contributed by atoms with van der Waals surface area (Å²) in [5, 5.41) is 7.79. The lowest BCUT2D eigenvalue weighted by atomic mass is 10.2. The minimum absolute atomic E-state index is 0.610. The molecule has 0 fully saturated rings.